The lowest BCUT2D eigenvalue weighted by atomic mass is 10.0. The molecule has 106 valence electrons. The van der Waals surface area contributed by atoms with Crippen molar-refractivity contribution in [2.75, 3.05) is 13.6 Å². The summed E-state index contributed by atoms with van der Waals surface area (Å²) in [4.78, 5) is 13.8. The maximum atomic E-state index is 12.0. The molecule has 1 aromatic carbocycles. The topological polar surface area (TPSA) is 46.3 Å². The first-order valence-corrected chi connectivity index (χ1v) is 7.02. The number of hydrogen-bond donors (Lipinski definition) is 1. The number of nitrogens with two attached hydrogens (primary N) is 1. The van der Waals surface area contributed by atoms with Crippen LogP contribution in [0.2, 0.25) is 0 Å². The zero-order valence-corrected chi connectivity index (χ0v) is 12.4. The summed E-state index contributed by atoms with van der Waals surface area (Å²) in [7, 11) is 1.87. The van der Waals surface area contributed by atoms with E-state index in [-0.39, 0.29) is 5.91 Å². The van der Waals surface area contributed by atoms with E-state index < -0.39 is 0 Å². The fourth-order valence-corrected chi connectivity index (χ4v) is 2.05. The summed E-state index contributed by atoms with van der Waals surface area (Å²) in [6.07, 6.45) is 2.53. The number of nitrogens with zero attached hydrogens (tertiary/aromatic N) is 1. The van der Waals surface area contributed by atoms with Gasteiger partial charge in [-0.2, -0.15) is 0 Å². The van der Waals surface area contributed by atoms with Crippen LogP contribution in [0, 0.1) is 12.8 Å². The van der Waals surface area contributed by atoms with Gasteiger partial charge in [-0.05, 0) is 37.8 Å². The van der Waals surface area contributed by atoms with Gasteiger partial charge in [-0.3, -0.25) is 4.79 Å². The summed E-state index contributed by atoms with van der Waals surface area (Å²) in [5, 5.41) is 0. The van der Waals surface area contributed by atoms with Crippen molar-refractivity contribution >= 4 is 5.91 Å². The van der Waals surface area contributed by atoms with E-state index in [0.717, 1.165) is 12.8 Å². The summed E-state index contributed by atoms with van der Waals surface area (Å²) in [5.41, 5.74) is 7.94. The summed E-state index contributed by atoms with van der Waals surface area (Å²) >= 11 is 0. The fourth-order valence-electron chi connectivity index (χ4n) is 2.05. The summed E-state index contributed by atoms with van der Waals surface area (Å²) in [5.74, 6) is 0.742. The zero-order chi connectivity index (χ0) is 14.3. The molecular weight excluding hydrogens is 236 g/mol. The maximum absolute atomic E-state index is 12.0. The minimum Gasteiger partial charge on any atom is -0.341 e. The number of amides is 1. The molecule has 0 bridgehead atoms. The number of rotatable bonds is 7. The van der Waals surface area contributed by atoms with Gasteiger partial charge in [0.1, 0.15) is 0 Å². The molecular formula is C16H26N2O. The van der Waals surface area contributed by atoms with Crippen LogP contribution in [0.5, 0.6) is 0 Å². The van der Waals surface area contributed by atoms with Gasteiger partial charge in [-0.1, -0.05) is 36.8 Å². The molecule has 0 aliphatic rings. The van der Waals surface area contributed by atoms with Gasteiger partial charge < -0.3 is 10.6 Å². The Bertz CT molecular complexity index is 386. The minimum atomic E-state index is 0.212. The molecule has 0 fully saturated rings. The van der Waals surface area contributed by atoms with E-state index in [4.69, 9.17) is 5.73 Å². The van der Waals surface area contributed by atoms with Crippen LogP contribution in [0.4, 0.5) is 0 Å². The molecule has 1 atom stereocenters. The average molecular weight is 262 g/mol. The van der Waals surface area contributed by atoms with Gasteiger partial charge >= 0.3 is 0 Å². The largest absolute Gasteiger partial charge is 0.341 e. The normalized spacial score (nSPS) is 12.2. The molecule has 1 unspecified atom stereocenters. The molecule has 3 nitrogen and oxygen atoms in total. The highest BCUT2D eigenvalue weighted by molar-refractivity contribution is 5.75. The number of benzene rings is 1. The predicted molar refractivity (Wildman–Crippen MR) is 79.7 cm³/mol. The van der Waals surface area contributed by atoms with Crippen molar-refractivity contribution < 1.29 is 4.79 Å². The van der Waals surface area contributed by atoms with E-state index in [1.807, 2.05) is 7.05 Å². The van der Waals surface area contributed by atoms with Crippen LogP contribution in [0.15, 0.2) is 24.3 Å². The van der Waals surface area contributed by atoms with Gasteiger partial charge in [-0.15, -0.1) is 0 Å². The Hall–Kier alpha value is -1.35. The second-order valence-electron chi connectivity index (χ2n) is 5.46. The van der Waals surface area contributed by atoms with Crippen molar-refractivity contribution in [2.24, 2.45) is 11.7 Å². The zero-order valence-electron chi connectivity index (χ0n) is 12.4. The third kappa shape index (κ3) is 5.88. The lowest BCUT2D eigenvalue weighted by Crippen LogP contribution is -2.26. The minimum absolute atomic E-state index is 0.212. The number of carbonyl (C=O) groups is 1. The highest BCUT2D eigenvalue weighted by Crippen LogP contribution is 2.12. The number of hydrogen-bond acceptors (Lipinski definition) is 2. The molecule has 0 radical (unpaired) electrons. The third-order valence-electron chi connectivity index (χ3n) is 3.48. The molecule has 0 aliphatic heterocycles. The Balaban J connectivity index is 2.38. The van der Waals surface area contributed by atoms with Gasteiger partial charge in [0.05, 0.1) is 0 Å². The molecule has 2 N–H and O–H groups in total. The second kappa shape index (κ2) is 7.95. The van der Waals surface area contributed by atoms with E-state index in [1.54, 1.807) is 4.90 Å². The van der Waals surface area contributed by atoms with Crippen molar-refractivity contribution in [2.45, 2.75) is 39.7 Å². The summed E-state index contributed by atoms with van der Waals surface area (Å²) in [6, 6.07) is 8.32. The first-order valence-electron chi connectivity index (χ1n) is 7.02. The summed E-state index contributed by atoms with van der Waals surface area (Å²) in [6.45, 7) is 5.61. The van der Waals surface area contributed by atoms with Gasteiger partial charge in [0.2, 0.25) is 5.91 Å². The maximum Gasteiger partial charge on any atom is 0.222 e. The predicted octanol–water partition coefficient (Wildman–Crippen LogP) is 2.72. The van der Waals surface area contributed by atoms with Gasteiger partial charge in [-0.25, -0.2) is 0 Å². The molecule has 0 saturated heterocycles. The first kappa shape index (κ1) is 15.7. The Morgan fingerprint density at radius 3 is 2.47 bits per heavy atom. The van der Waals surface area contributed by atoms with Crippen LogP contribution in [-0.2, 0) is 11.3 Å². The number of aryl methyl sites for hydroxylation is 1. The number of carbonyl (C=O) groups excluding carboxylic acids is 1. The third-order valence-corrected chi connectivity index (χ3v) is 3.48. The van der Waals surface area contributed by atoms with E-state index in [9.17, 15) is 4.79 Å². The molecule has 1 aromatic rings. The van der Waals surface area contributed by atoms with Crippen molar-refractivity contribution in [1.29, 1.82) is 0 Å². The second-order valence-corrected chi connectivity index (χ2v) is 5.46. The molecule has 0 heterocycles. The average Bonchev–Trinajstić information content (AvgIpc) is 2.39. The Labute approximate surface area is 116 Å². The molecule has 3 heteroatoms. The van der Waals surface area contributed by atoms with E-state index in [1.165, 1.54) is 11.1 Å². The first-order chi connectivity index (χ1) is 9.02. The lowest BCUT2D eigenvalue weighted by Gasteiger charge is -2.18. The van der Waals surface area contributed by atoms with E-state index >= 15 is 0 Å². The molecule has 0 saturated carbocycles. The van der Waals surface area contributed by atoms with Crippen molar-refractivity contribution in [1.82, 2.24) is 4.90 Å². The van der Waals surface area contributed by atoms with Gasteiger partial charge in [0.15, 0.2) is 0 Å². The van der Waals surface area contributed by atoms with Crippen LogP contribution in [0.3, 0.4) is 0 Å². The van der Waals surface area contributed by atoms with Gasteiger partial charge in [0.25, 0.3) is 0 Å². The van der Waals surface area contributed by atoms with E-state index in [2.05, 4.69) is 38.1 Å². The van der Waals surface area contributed by atoms with Crippen LogP contribution >= 0.6 is 0 Å². The highest BCUT2D eigenvalue weighted by Gasteiger charge is 2.11. The summed E-state index contributed by atoms with van der Waals surface area (Å²) < 4.78 is 0. The molecule has 0 aliphatic carbocycles. The Morgan fingerprint density at radius 1 is 1.26 bits per heavy atom. The Morgan fingerprint density at radius 2 is 1.89 bits per heavy atom. The lowest BCUT2D eigenvalue weighted by molar-refractivity contribution is -0.130. The highest BCUT2D eigenvalue weighted by atomic mass is 16.2. The van der Waals surface area contributed by atoms with E-state index in [0.29, 0.717) is 25.4 Å². The standard InChI is InChI=1S/C16H26N2O/c1-13-4-7-15(8-5-13)12-18(3)16(19)9-6-14(2)10-11-17/h4-5,7-8,14H,6,9-12,17H2,1-3H3. The van der Waals surface area contributed by atoms with Crippen LogP contribution in [0.25, 0.3) is 0 Å². The monoisotopic (exact) mass is 262 g/mol. The smallest absolute Gasteiger partial charge is 0.222 e. The van der Waals surface area contributed by atoms with Crippen LogP contribution in [0.1, 0.15) is 37.3 Å². The molecule has 0 aromatic heterocycles. The SMILES string of the molecule is Cc1ccc(CN(C)C(=O)CCC(C)CCN)cc1. The van der Waals surface area contributed by atoms with Crippen molar-refractivity contribution in [3.63, 3.8) is 0 Å². The molecule has 1 rings (SSSR count). The van der Waals surface area contributed by atoms with Crippen molar-refractivity contribution in [3.05, 3.63) is 35.4 Å². The van der Waals surface area contributed by atoms with Crippen LogP contribution < -0.4 is 5.73 Å². The van der Waals surface area contributed by atoms with Crippen molar-refractivity contribution in [3.8, 4) is 0 Å². The van der Waals surface area contributed by atoms with Crippen LogP contribution in [-0.4, -0.2) is 24.4 Å². The molecule has 0 spiro atoms. The van der Waals surface area contributed by atoms with Gasteiger partial charge in [0, 0.05) is 20.0 Å². The fraction of sp³-hybridized carbons (Fsp3) is 0.562. The Kier molecular flexibility index (Phi) is 6.57. The quantitative estimate of drug-likeness (QED) is 0.821. The molecule has 19 heavy (non-hydrogen) atoms. The molecule has 1 amide bonds.